The molecule has 0 N–H and O–H groups in total. The molecule has 2 rings (SSSR count). The minimum atomic E-state index is -0.0567. The van der Waals surface area contributed by atoms with Gasteiger partial charge in [-0.3, -0.25) is 4.79 Å². The van der Waals surface area contributed by atoms with Gasteiger partial charge >= 0.3 is 0 Å². The molecule has 1 fully saturated rings. The van der Waals surface area contributed by atoms with Crippen molar-refractivity contribution in [1.82, 2.24) is 0 Å². The number of methoxy groups -OCH3 is 1. The van der Waals surface area contributed by atoms with Crippen LogP contribution in [0.1, 0.15) is 22.3 Å². The van der Waals surface area contributed by atoms with Gasteiger partial charge in [0.2, 0.25) is 0 Å². The van der Waals surface area contributed by atoms with Crippen LogP contribution >= 0.6 is 0 Å². The lowest BCUT2D eigenvalue weighted by molar-refractivity contribution is 0.0388. The smallest absolute Gasteiger partial charge is 0.192 e. The van der Waals surface area contributed by atoms with E-state index in [4.69, 9.17) is 14.2 Å². The van der Waals surface area contributed by atoms with Crippen molar-refractivity contribution in [2.45, 2.75) is 19.4 Å². The summed E-state index contributed by atoms with van der Waals surface area (Å²) >= 11 is 0. The number of ketones is 1. The van der Waals surface area contributed by atoms with E-state index in [-0.39, 0.29) is 18.5 Å². The third kappa shape index (κ3) is 3.09. The van der Waals surface area contributed by atoms with Crippen molar-refractivity contribution in [3.05, 3.63) is 29.3 Å². The molecule has 0 saturated carbocycles. The molecule has 18 heavy (non-hydrogen) atoms. The summed E-state index contributed by atoms with van der Waals surface area (Å²) in [6.07, 6.45) is 0.906. The van der Waals surface area contributed by atoms with Gasteiger partial charge in [0.05, 0.1) is 25.4 Å². The fourth-order valence-electron chi connectivity index (χ4n) is 1.94. The standard InChI is InChI=1S/C14H18O4/c1-10-3-4-12(14(7-10)16-2)13(15)9-18-11-5-6-17-8-11/h3-4,7,11H,5-6,8-9H2,1-2H3. The molecule has 0 bridgehead atoms. The molecule has 0 amide bonds. The molecule has 0 spiro atoms. The van der Waals surface area contributed by atoms with E-state index < -0.39 is 0 Å². The topological polar surface area (TPSA) is 44.8 Å². The number of carbonyl (C=O) groups is 1. The Hall–Kier alpha value is -1.39. The maximum absolute atomic E-state index is 12.0. The largest absolute Gasteiger partial charge is 0.496 e. The van der Waals surface area contributed by atoms with E-state index in [0.717, 1.165) is 12.0 Å². The molecule has 1 aliphatic rings. The fourth-order valence-corrected chi connectivity index (χ4v) is 1.94. The Morgan fingerprint density at radius 3 is 3.00 bits per heavy atom. The van der Waals surface area contributed by atoms with Gasteiger partial charge in [-0.15, -0.1) is 0 Å². The maximum atomic E-state index is 12.0. The van der Waals surface area contributed by atoms with Crippen LogP contribution in [0.4, 0.5) is 0 Å². The molecule has 1 saturated heterocycles. The van der Waals surface area contributed by atoms with Crippen LogP contribution in [0.2, 0.25) is 0 Å². The summed E-state index contributed by atoms with van der Waals surface area (Å²) in [6, 6.07) is 5.53. The lowest BCUT2D eigenvalue weighted by atomic mass is 10.1. The first-order valence-corrected chi connectivity index (χ1v) is 6.08. The van der Waals surface area contributed by atoms with Crippen molar-refractivity contribution in [3.63, 3.8) is 0 Å². The van der Waals surface area contributed by atoms with E-state index >= 15 is 0 Å². The Labute approximate surface area is 107 Å². The van der Waals surface area contributed by atoms with Crippen molar-refractivity contribution >= 4 is 5.78 Å². The van der Waals surface area contributed by atoms with E-state index in [1.54, 1.807) is 13.2 Å². The summed E-state index contributed by atoms with van der Waals surface area (Å²) in [7, 11) is 1.57. The molecule has 4 nitrogen and oxygen atoms in total. The summed E-state index contributed by atoms with van der Waals surface area (Å²) in [5.74, 6) is 0.546. The van der Waals surface area contributed by atoms with Gasteiger partial charge < -0.3 is 14.2 Å². The Morgan fingerprint density at radius 2 is 2.33 bits per heavy atom. The molecule has 0 aromatic heterocycles. The third-order valence-corrected chi connectivity index (χ3v) is 3.00. The molecule has 1 aromatic carbocycles. The van der Waals surface area contributed by atoms with Crippen molar-refractivity contribution in [2.24, 2.45) is 0 Å². The Balaban J connectivity index is 1.99. The lowest BCUT2D eigenvalue weighted by Gasteiger charge is -2.11. The average Bonchev–Trinajstić information content (AvgIpc) is 2.88. The highest BCUT2D eigenvalue weighted by Gasteiger charge is 2.19. The van der Waals surface area contributed by atoms with Crippen LogP contribution in [-0.4, -0.2) is 38.8 Å². The maximum Gasteiger partial charge on any atom is 0.192 e. The number of aryl methyl sites for hydroxylation is 1. The van der Waals surface area contributed by atoms with Gasteiger partial charge in [-0.25, -0.2) is 0 Å². The highest BCUT2D eigenvalue weighted by Crippen LogP contribution is 2.21. The summed E-state index contributed by atoms with van der Waals surface area (Å²) in [4.78, 5) is 12.0. The lowest BCUT2D eigenvalue weighted by Crippen LogP contribution is -2.19. The minimum Gasteiger partial charge on any atom is -0.496 e. The molecule has 1 heterocycles. The zero-order chi connectivity index (χ0) is 13.0. The normalized spacial score (nSPS) is 18.9. The van der Waals surface area contributed by atoms with E-state index in [9.17, 15) is 4.79 Å². The highest BCUT2D eigenvalue weighted by atomic mass is 16.5. The van der Waals surface area contributed by atoms with Crippen molar-refractivity contribution in [3.8, 4) is 5.75 Å². The summed E-state index contributed by atoms with van der Waals surface area (Å²) < 4.78 is 15.9. The Bertz CT molecular complexity index is 422. The van der Waals surface area contributed by atoms with Crippen LogP contribution in [-0.2, 0) is 9.47 Å². The SMILES string of the molecule is COc1cc(C)ccc1C(=O)COC1CCOC1. The Morgan fingerprint density at radius 1 is 1.50 bits per heavy atom. The third-order valence-electron chi connectivity index (χ3n) is 3.00. The molecule has 98 valence electrons. The van der Waals surface area contributed by atoms with E-state index in [1.807, 2.05) is 19.1 Å². The van der Waals surface area contributed by atoms with Crippen molar-refractivity contribution in [2.75, 3.05) is 26.9 Å². The van der Waals surface area contributed by atoms with E-state index in [2.05, 4.69) is 0 Å². The number of hydrogen-bond donors (Lipinski definition) is 0. The van der Waals surface area contributed by atoms with Crippen LogP contribution in [0.15, 0.2) is 18.2 Å². The Kier molecular flexibility index (Phi) is 4.33. The molecule has 1 unspecified atom stereocenters. The second kappa shape index (κ2) is 5.98. The number of ether oxygens (including phenoxy) is 3. The van der Waals surface area contributed by atoms with Crippen LogP contribution in [0, 0.1) is 6.92 Å². The summed E-state index contributed by atoms with van der Waals surface area (Å²) in [5, 5.41) is 0. The van der Waals surface area contributed by atoms with Gasteiger partial charge in [-0.1, -0.05) is 6.07 Å². The van der Waals surface area contributed by atoms with Crippen LogP contribution < -0.4 is 4.74 Å². The van der Waals surface area contributed by atoms with Gasteiger partial charge in [0.15, 0.2) is 5.78 Å². The van der Waals surface area contributed by atoms with Gasteiger partial charge in [-0.2, -0.15) is 0 Å². The molecular weight excluding hydrogens is 232 g/mol. The zero-order valence-electron chi connectivity index (χ0n) is 10.8. The quantitative estimate of drug-likeness (QED) is 0.750. The fraction of sp³-hybridized carbons (Fsp3) is 0.500. The molecule has 1 aliphatic heterocycles. The summed E-state index contributed by atoms with van der Waals surface area (Å²) in [6.45, 7) is 3.33. The second-order valence-corrected chi connectivity index (χ2v) is 4.42. The predicted octanol–water partition coefficient (Wildman–Crippen LogP) is 1.99. The molecule has 4 heteroatoms. The molecule has 1 atom stereocenters. The first kappa shape index (κ1) is 13.1. The second-order valence-electron chi connectivity index (χ2n) is 4.42. The minimum absolute atomic E-state index is 0.0467. The van der Waals surface area contributed by atoms with Crippen molar-refractivity contribution < 1.29 is 19.0 Å². The van der Waals surface area contributed by atoms with Crippen molar-refractivity contribution in [1.29, 1.82) is 0 Å². The number of carbonyl (C=O) groups excluding carboxylic acids is 1. The van der Waals surface area contributed by atoms with Gasteiger partial charge in [0.1, 0.15) is 12.4 Å². The average molecular weight is 250 g/mol. The van der Waals surface area contributed by atoms with E-state index in [1.165, 1.54) is 0 Å². The van der Waals surface area contributed by atoms with Crippen LogP contribution in [0.3, 0.4) is 0 Å². The number of rotatable bonds is 5. The van der Waals surface area contributed by atoms with Crippen LogP contribution in [0.25, 0.3) is 0 Å². The number of benzene rings is 1. The van der Waals surface area contributed by atoms with Gasteiger partial charge in [-0.05, 0) is 31.0 Å². The molecule has 1 aromatic rings. The highest BCUT2D eigenvalue weighted by molar-refractivity contribution is 5.99. The van der Waals surface area contributed by atoms with Gasteiger partial charge in [0.25, 0.3) is 0 Å². The molecule has 0 radical (unpaired) electrons. The first-order chi connectivity index (χ1) is 8.70. The zero-order valence-corrected chi connectivity index (χ0v) is 10.8. The molecular formula is C14H18O4. The predicted molar refractivity (Wildman–Crippen MR) is 67.2 cm³/mol. The summed E-state index contributed by atoms with van der Waals surface area (Å²) in [5.41, 5.74) is 1.63. The molecule has 0 aliphatic carbocycles. The van der Waals surface area contributed by atoms with Crippen LogP contribution in [0.5, 0.6) is 5.75 Å². The van der Waals surface area contributed by atoms with Gasteiger partial charge in [0, 0.05) is 6.61 Å². The number of hydrogen-bond acceptors (Lipinski definition) is 4. The monoisotopic (exact) mass is 250 g/mol. The first-order valence-electron chi connectivity index (χ1n) is 6.08. The van der Waals surface area contributed by atoms with E-state index in [0.29, 0.717) is 24.5 Å². The number of Topliss-reactive ketones (excluding diaryl/α,β-unsaturated/α-hetero) is 1.